The molecule has 5 rings (SSSR count). The molecule has 0 saturated heterocycles. The lowest BCUT2D eigenvalue weighted by molar-refractivity contribution is -0.347. The number of hydrogen-bond acceptors (Lipinski definition) is 4. The van der Waals surface area contributed by atoms with Gasteiger partial charge < -0.3 is 15.3 Å². The smallest absolute Gasteiger partial charge is 0.212 e. The van der Waals surface area contributed by atoms with Crippen molar-refractivity contribution in [2.75, 3.05) is 5.75 Å². The Balaban J connectivity index is 1.37. The number of aliphatic hydroxyl groups is 3. The van der Waals surface area contributed by atoms with Crippen LogP contribution in [-0.4, -0.2) is 27.4 Å². The third-order valence-electron chi connectivity index (χ3n) is 7.99. The summed E-state index contributed by atoms with van der Waals surface area (Å²) >= 11 is 8.11. The first-order valence-corrected chi connectivity index (χ1v) is 15.7. The number of aliphatic hydroxyl groups excluding tert-OH is 1. The van der Waals surface area contributed by atoms with Gasteiger partial charge in [-0.3, -0.25) is 0 Å². The second-order valence-electron chi connectivity index (χ2n) is 11.9. The number of aromatic amines is 1. The lowest BCUT2D eigenvalue weighted by Crippen LogP contribution is -2.18. The highest BCUT2D eigenvalue weighted by atomic mass is 35.5. The zero-order valence-corrected chi connectivity index (χ0v) is 25.3. The molecule has 0 amide bonds. The maximum Gasteiger partial charge on any atom is 0.212 e. The molecule has 0 bridgehead atoms. The van der Waals surface area contributed by atoms with E-state index in [1.54, 1.807) is 0 Å². The highest BCUT2D eigenvalue weighted by molar-refractivity contribution is 7.99. The Morgan fingerprint density at radius 2 is 1.76 bits per heavy atom. The van der Waals surface area contributed by atoms with Gasteiger partial charge in [-0.25, -0.2) is 4.98 Å². The van der Waals surface area contributed by atoms with Crippen molar-refractivity contribution in [3.8, 4) is 0 Å². The maximum absolute atomic E-state index is 10.7. The van der Waals surface area contributed by atoms with Crippen LogP contribution in [0, 0.1) is 5.41 Å². The first-order chi connectivity index (χ1) is 19.6. The average Bonchev–Trinajstić information content (AvgIpc) is 3.70. The summed E-state index contributed by atoms with van der Waals surface area (Å²) in [6, 6.07) is 26.8. The van der Waals surface area contributed by atoms with E-state index < -0.39 is 11.9 Å². The van der Waals surface area contributed by atoms with Crippen LogP contribution in [0.1, 0.15) is 72.7 Å². The molecule has 1 heterocycles. The summed E-state index contributed by atoms with van der Waals surface area (Å²) < 4.78 is 0. The highest BCUT2D eigenvalue weighted by Crippen LogP contribution is 2.54. The lowest BCUT2D eigenvalue weighted by Gasteiger charge is -2.25. The molecule has 1 aromatic heterocycles. The summed E-state index contributed by atoms with van der Waals surface area (Å²) in [5.41, 5.74) is 5.63. The van der Waals surface area contributed by atoms with Crippen LogP contribution in [0.25, 0.3) is 23.1 Å². The molecule has 4 aromatic rings. The first kappa shape index (κ1) is 29.8. The van der Waals surface area contributed by atoms with Crippen LogP contribution in [0.3, 0.4) is 0 Å². The van der Waals surface area contributed by atoms with Gasteiger partial charge in [-0.2, -0.15) is 11.8 Å². The molecule has 1 aliphatic rings. The maximum atomic E-state index is 10.7. The molecule has 1 aliphatic carbocycles. The Kier molecular flexibility index (Phi) is 9.22. The number of aromatic nitrogens is 1. The number of halogens is 1. The van der Waals surface area contributed by atoms with Crippen molar-refractivity contribution < 1.29 is 20.3 Å². The fraction of sp³-hybridized carbons (Fsp3) is 0.343. The third kappa shape index (κ3) is 8.00. The zero-order valence-electron chi connectivity index (χ0n) is 23.7. The summed E-state index contributed by atoms with van der Waals surface area (Å²) in [5.74, 6) is 0.900. The van der Waals surface area contributed by atoms with Crippen molar-refractivity contribution >= 4 is 46.4 Å². The third-order valence-corrected chi connectivity index (χ3v) is 9.91. The van der Waals surface area contributed by atoms with E-state index in [9.17, 15) is 15.3 Å². The second-order valence-corrected chi connectivity index (χ2v) is 13.5. The van der Waals surface area contributed by atoms with Crippen LogP contribution in [0.5, 0.6) is 0 Å². The van der Waals surface area contributed by atoms with Crippen LogP contribution >= 0.6 is 23.4 Å². The topological polar surface area (TPSA) is 74.8 Å². The molecule has 1 saturated carbocycles. The fourth-order valence-corrected chi connectivity index (χ4v) is 7.28. The Morgan fingerprint density at radius 1 is 0.976 bits per heavy atom. The van der Waals surface area contributed by atoms with Gasteiger partial charge in [0, 0.05) is 40.3 Å². The van der Waals surface area contributed by atoms with Gasteiger partial charge in [0.1, 0.15) is 0 Å². The van der Waals surface area contributed by atoms with Gasteiger partial charge in [0.05, 0.1) is 5.60 Å². The summed E-state index contributed by atoms with van der Waals surface area (Å²) in [4.78, 5) is 3.45. The average molecular weight is 589 g/mol. The molecule has 4 nitrogen and oxygen atoms in total. The van der Waals surface area contributed by atoms with E-state index in [4.69, 9.17) is 11.6 Å². The van der Waals surface area contributed by atoms with E-state index in [1.165, 1.54) is 11.1 Å². The van der Waals surface area contributed by atoms with Gasteiger partial charge in [-0.1, -0.05) is 60.1 Å². The molecule has 0 unspecified atom stereocenters. The van der Waals surface area contributed by atoms with Crippen LogP contribution < -0.4 is 4.98 Å². The van der Waals surface area contributed by atoms with Crippen molar-refractivity contribution in [1.29, 1.82) is 0 Å². The standard InChI is InChI=1S/C35H38ClNO3S/c1-34(2,40)30-9-4-3-7-25(30)13-17-32(41-23-35(18-19-35)22-33(38)39)27-8-5-6-24(20-27)10-15-29-16-12-26-11-14-28(36)21-31(26)37-29/h3-12,14-16,20-21,32-33,38-40H,13,17-19,22-23H2,1-2H3/p+1/t32-/m1/s1. The molecule has 0 radical (unpaired) electrons. The van der Waals surface area contributed by atoms with E-state index in [-0.39, 0.29) is 10.7 Å². The van der Waals surface area contributed by atoms with Gasteiger partial charge in [-0.15, -0.1) is 0 Å². The SMILES string of the molecule is CC(C)(O)c1ccccc1CC[C@@H](SCC1(CC(O)O)CC1)c1cccc(C=Cc2ccc3ccc(Cl)cc3[nH+]2)c1. The number of thioether (sulfide) groups is 1. The molecule has 0 aliphatic heterocycles. The number of pyridine rings is 1. The largest absolute Gasteiger partial charge is 0.386 e. The van der Waals surface area contributed by atoms with Crippen molar-refractivity contribution in [1.82, 2.24) is 0 Å². The van der Waals surface area contributed by atoms with Crippen molar-refractivity contribution in [2.45, 2.75) is 63.1 Å². The molecule has 1 fully saturated rings. The molecule has 41 heavy (non-hydrogen) atoms. The Morgan fingerprint density at radius 3 is 2.51 bits per heavy atom. The molecule has 1 atom stereocenters. The summed E-state index contributed by atoms with van der Waals surface area (Å²) in [6.45, 7) is 3.68. The molecule has 3 aromatic carbocycles. The number of nitrogens with one attached hydrogen (secondary N) is 1. The van der Waals surface area contributed by atoms with E-state index in [1.807, 2.05) is 62.0 Å². The molecule has 4 N–H and O–H groups in total. The highest BCUT2D eigenvalue weighted by Gasteiger charge is 2.44. The zero-order chi connectivity index (χ0) is 29.0. The van der Waals surface area contributed by atoms with Crippen LogP contribution in [0.2, 0.25) is 5.02 Å². The first-order valence-electron chi connectivity index (χ1n) is 14.3. The second kappa shape index (κ2) is 12.7. The minimum atomic E-state index is -1.26. The summed E-state index contributed by atoms with van der Waals surface area (Å²) in [6.07, 6.45) is 7.25. The van der Waals surface area contributed by atoms with Crippen LogP contribution in [-0.2, 0) is 12.0 Å². The Labute approximate surface area is 252 Å². The van der Waals surface area contributed by atoms with Crippen molar-refractivity contribution in [3.05, 3.63) is 112 Å². The summed E-state index contributed by atoms with van der Waals surface area (Å²) in [5, 5.41) is 32.1. The monoisotopic (exact) mass is 588 g/mol. The lowest BCUT2D eigenvalue weighted by atomic mass is 9.90. The number of H-pyrrole nitrogens is 1. The van der Waals surface area contributed by atoms with Crippen LogP contribution in [0.15, 0.2) is 78.9 Å². The normalized spacial score (nSPS) is 15.6. The molecule has 6 heteroatoms. The van der Waals surface area contributed by atoms with Gasteiger partial charge in [-0.05, 0) is 97.2 Å². The number of rotatable bonds is 12. The minimum absolute atomic E-state index is 0.0222. The Bertz CT molecular complexity index is 1520. The van der Waals surface area contributed by atoms with Gasteiger partial charge in [0.2, 0.25) is 11.2 Å². The van der Waals surface area contributed by atoms with E-state index in [0.717, 1.165) is 59.2 Å². The predicted molar refractivity (Wildman–Crippen MR) is 171 cm³/mol. The van der Waals surface area contributed by atoms with E-state index >= 15 is 0 Å². The van der Waals surface area contributed by atoms with Gasteiger partial charge >= 0.3 is 0 Å². The van der Waals surface area contributed by atoms with Crippen molar-refractivity contribution in [3.63, 3.8) is 0 Å². The molecular formula is C35H39ClNO3S+. The molecular weight excluding hydrogens is 550 g/mol. The van der Waals surface area contributed by atoms with Crippen LogP contribution in [0.4, 0.5) is 0 Å². The molecule has 0 spiro atoms. The summed E-state index contributed by atoms with van der Waals surface area (Å²) in [7, 11) is 0. The van der Waals surface area contributed by atoms with Gasteiger partial charge in [0.15, 0.2) is 6.29 Å². The Hall–Kier alpha value is -2.67. The fourth-order valence-electron chi connectivity index (χ4n) is 5.52. The number of hydrogen-bond donors (Lipinski definition) is 3. The molecule has 214 valence electrons. The number of aryl methyl sites for hydroxylation is 1. The van der Waals surface area contributed by atoms with Gasteiger partial charge in [0.25, 0.3) is 0 Å². The number of fused-ring (bicyclic) bond motifs is 1. The predicted octanol–water partition coefficient (Wildman–Crippen LogP) is 7.59. The quantitative estimate of drug-likeness (QED) is 0.149. The number of benzene rings is 3. The van der Waals surface area contributed by atoms with E-state index in [2.05, 4.69) is 59.6 Å². The van der Waals surface area contributed by atoms with E-state index in [0.29, 0.717) is 11.4 Å². The minimum Gasteiger partial charge on any atom is -0.386 e. The van der Waals surface area contributed by atoms with Crippen molar-refractivity contribution in [2.24, 2.45) is 5.41 Å².